The van der Waals surface area contributed by atoms with Crippen LogP contribution >= 0.6 is 23.2 Å². The molecule has 2 amide bonds. The number of nitrogens with zero attached hydrogens (tertiary/aromatic N) is 1. The van der Waals surface area contributed by atoms with Gasteiger partial charge in [-0.05, 0) is 25.1 Å². The van der Waals surface area contributed by atoms with Gasteiger partial charge in [-0.1, -0.05) is 28.4 Å². The first-order valence-corrected chi connectivity index (χ1v) is 7.17. The predicted octanol–water partition coefficient (Wildman–Crippen LogP) is 2.45. The van der Waals surface area contributed by atoms with Crippen molar-refractivity contribution in [1.29, 1.82) is 0 Å². The summed E-state index contributed by atoms with van der Waals surface area (Å²) >= 11 is 11.6. The number of carbonyl (C=O) groups excluding carboxylic acids is 2. The predicted molar refractivity (Wildman–Crippen MR) is 82.4 cm³/mol. The van der Waals surface area contributed by atoms with Crippen molar-refractivity contribution in [2.75, 3.05) is 13.1 Å². The first kappa shape index (κ1) is 16.3. The van der Waals surface area contributed by atoms with Crippen molar-refractivity contribution < 1.29 is 14.1 Å². The number of benzene rings is 1. The summed E-state index contributed by atoms with van der Waals surface area (Å²) in [5.74, 6) is -0.108. The lowest BCUT2D eigenvalue weighted by molar-refractivity contribution is 0.0922. The van der Waals surface area contributed by atoms with Gasteiger partial charge in [-0.3, -0.25) is 9.59 Å². The molecule has 1 aromatic carbocycles. The smallest absolute Gasteiger partial charge is 0.273 e. The Morgan fingerprint density at radius 2 is 1.77 bits per heavy atom. The fourth-order valence-electron chi connectivity index (χ4n) is 1.66. The Kier molecular flexibility index (Phi) is 5.41. The highest BCUT2D eigenvalue weighted by atomic mass is 35.5. The Hall–Kier alpha value is -2.05. The van der Waals surface area contributed by atoms with Crippen LogP contribution in [0.1, 0.15) is 26.6 Å². The standard InChI is InChI=1S/C14H13Cl2N3O3/c1-8-6-12(19-22-8)14(21)18-5-4-17-13(20)9-2-3-10(15)11(16)7-9/h2-3,6-7H,4-5H2,1H3,(H,17,20)(H,18,21). The van der Waals surface area contributed by atoms with E-state index in [1.165, 1.54) is 12.1 Å². The van der Waals surface area contributed by atoms with Crippen molar-refractivity contribution in [3.8, 4) is 0 Å². The van der Waals surface area contributed by atoms with Crippen molar-refractivity contribution in [2.24, 2.45) is 0 Å². The summed E-state index contributed by atoms with van der Waals surface area (Å²) in [6, 6.07) is 6.13. The molecule has 6 nitrogen and oxygen atoms in total. The van der Waals surface area contributed by atoms with E-state index in [9.17, 15) is 9.59 Å². The fourth-order valence-corrected chi connectivity index (χ4v) is 1.95. The van der Waals surface area contributed by atoms with Gasteiger partial charge < -0.3 is 15.2 Å². The van der Waals surface area contributed by atoms with Gasteiger partial charge in [0.1, 0.15) is 5.76 Å². The molecule has 1 aromatic heterocycles. The third-order valence-corrected chi connectivity index (χ3v) is 3.48. The molecule has 0 atom stereocenters. The Bertz CT molecular complexity index is 700. The highest BCUT2D eigenvalue weighted by Crippen LogP contribution is 2.22. The molecule has 0 bridgehead atoms. The topological polar surface area (TPSA) is 84.2 Å². The number of nitrogens with one attached hydrogen (secondary N) is 2. The molecule has 0 unspecified atom stereocenters. The Morgan fingerprint density at radius 1 is 1.09 bits per heavy atom. The van der Waals surface area contributed by atoms with Gasteiger partial charge in [0, 0.05) is 24.7 Å². The summed E-state index contributed by atoms with van der Waals surface area (Å²) < 4.78 is 4.80. The minimum Gasteiger partial charge on any atom is -0.361 e. The van der Waals surface area contributed by atoms with Crippen molar-refractivity contribution >= 4 is 35.0 Å². The van der Waals surface area contributed by atoms with Gasteiger partial charge in [-0.15, -0.1) is 0 Å². The zero-order chi connectivity index (χ0) is 16.1. The second-order valence-corrected chi connectivity index (χ2v) is 5.28. The second kappa shape index (κ2) is 7.29. The molecule has 0 saturated heterocycles. The number of amides is 2. The lowest BCUT2D eigenvalue weighted by Gasteiger charge is -2.06. The number of rotatable bonds is 5. The lowest BCUT2D eigenvalue weighted by atomic mass is 10.2. The van der Waals surface area contributed by atoms with Gasteiger partial charge in [0.05, 0.1) is 10.0 Å². The molecule has 2 rings (SSSR count). The van der Waals surface area contributed by atoms with Crippen molar-refractivity contribution in [3.63, 3.8) is 0 Å². The largest absolute Gasteiger partial charge is 0.361 e. The van der Waals surface area contributed by atoms with E-state index in [2.05, 4.69) is 15.8 Å². The van der Waals surface area contributed by atoms with Crippen molar-refractivity contribution in [2.45, 2.75) is 6.92 Å². The zero-order valence-corrected chi connectivity index (χ0v) is 13.2. The number of carbonyl (C=O) groups is 2. The molecule has 2 aromatic rings. The first-order valence-electron chi connectivity index (χ1n) is 6.42. The van der Waals surface area contributed by atoms with E-state index in [0.29, 0.717) is 21.4 Å². The highest BCUT2D eigenvalue weighted by molar-refractivity contribution is 6.42. The average Bonchev–Trinajstić information content (AvgIpc) is 2.92. The van der Waals surface area contributed by atoms with E-state index >= 15 is 0 Å². The minimum absolute atomic E-state index is 0.202. The molecular weight excluding hydrogens is 329 g/mol. The number of aromatic nitrogens is 1. The summed E-state index contributed by atoms with van der Waals surface area (Å²) in [6.45, 7) is 2.22. The maximum Gasteiger partial charge on any atom is 0.273 e. The summed E-state index contributed by atoms with van der Waals surface area (Å²) in [4.78, 5) is 23.5. The minimum atomic E-state index is -0.361. The summed E-state index contributed by atoms with van der Waals surface area (Å²) in [6.07, 6.45) is 0. The van der Waals surface area contributed by atoms with Crippen LogP contribution in [0.25, 0.3) is 0 Å². The second-order valence-electron chi connectivity index (χ2n) is 4.46. The van der Waals surface area contributed by atoms with Crippen LogP contribution in [-0.4, -0.2) is 30.1 Å². The molecule has 0 aliphatic carbocycles. The number of halogens is 2. The number of hydrogen-bond acceptors (Lipinski definition) is 4. The molecule has 0 spiro atoms. The van der Waals surface area contributed by atoms with Crippen LogP contribution in [0, 0.1) is 6.92 Å². The molecular formula is C14H13Cl2N3O3. The van der Waals surface area contributed by atoms with Gasteiger partial charge in [0.25, 0.3) is 11.8 Å². The zero-order valence-electron chi connectivity index (χ0n) is 11.7. The quantitative estimate of drug-likeness (QED) is 0.818. The van der Waals surface area contributed by atoms with Gasteiger partial charge in [0.15, 0.2) is 5.69 Å². The molecule has 2 N–H and O–H groups in total. The van der Waals surface area contributed by atoms with Crippen molar-refractivity contribution in [3.05, 3.63) is 51.3 Å². The van der Waals surface area contributed by atoms with Gasteiger partial charge in [0.2, 0.25) is 0 Å². The van der Waals surface area contributed by atoms with Crippen LogP contribution in [0.3, 0.4) is 0 Å². The number of hydrogen-bond donors (Lipinski definition) is 2. The molecule has 0 aliphatic rings. The Morgan fingerprint density at radius 3 is 2.36 bits per heavy atom. The maximum absolute atomic E-state index is 11.9. The summed E-state index contributed by atoms with van der Waals surface area (Å²) in [5.41, 5.74) is 0.598. The number of aryl methyl sites for hydroxylation is 1. The van der Waals surface area contributed by atoms with Crippen molar-refractivity contribution in [1.82, 2.24) is 15.8 Å². The summed E-state index contributed by atoms with van der Waals surface area (Å²) in [5, 5.41) is 9.56. The molecule has 116 valence electrons. The van der Waals surface area contributed by atoms with Crippen LogP contribution in [0.4, 0.5) is 0 Å². The van der Waals surface area contributed by atoms with E-state index in [0.717, 1.165) is 0 Å². The molecule has 0 saturated carbocycles. The van der Waals surface area contributed by atoms with E-state index in [-0.39, 0.29) is 30.6 Å². The third kappa shape index (κ3) is 4.22. The van der Waals surface area contributed by atoms with E-state index in [1.807, 2.05) is 0 Å². The highest BCUT2D eigenvalue weighted by Gasteiger charge is 2.11. The van der Waals surface area contributed by atoms with E-state index in [1.54, 1.807) is 19.1 Å². The van der Waals surface area contributed by atoms with Crippen LogP contribution in [0.5, 0.6) is 0 Å². The van der Waals surface area contributed by atoms with Crippen LogP contribution in [0.2, 0.25) is 10.0 Å². The molecule has 8 heteroatoms. The van der Waals surface area contributed by atoms with Crippen LogP contribution in [0.15, 0.2) is 28.8 Å². The van der Waals surface area contributed by atoms with E-state index < -0.39 is 0 Å². The van der Waals surface area contributed by atoms with E-state index in [4.69, 9.17) is 27.7 Å². The summed E-state index contributed by atoms with van der Waals surface area (Å²) in [7, 11) is 0. The molecule has 1 heterocycles. The fraction of sp³-hybridized carbons (Fsp3) is 0.214. The SMILES string of the molecule is Cc1cc(C(=O)NCCNC(=O)c2ccc(Cl)c(Cl)c2)no1. The molecule has 0 radical (unpaired) electrons. The van der Waals surface area contributed by atoms with Crippen LogP contribution in [-0.2, 0) is 0 Å². The third-order valence-electron chi connectivity index (χ3n) is 2.74. The molecule has 0 fully saturated rings. The monoisotopic (exact) mass is 341 g/mol. The van der Waals surface area contributed by atoms with Gasteiger partial charge in [-0.25, -0.2) is 0 Å². The normalized spacial score (nSPS) is 10.3. The molecule has 0 aliphatic heterocycles. The average molecular weight is 342 g/mol. The molecule has 22 heavy (non-hydrogen) atoms. The maximum atomic E-state index is 11.9. The Labute approximate surface area is 136 Å². The Balaban J connectivity index is 1.77. The van der Waals surface area contributed by atoms with Crippen LogP contribution < -0.4 is 10.6 Å². The lowest BCUT2D eigenvalue weighted by Crippen LogP contribution is -2.34. The van der Waals surface area contributed by atoms with Gasteiger partial charge >= 0.3 is 0 Å². The van der Waals surface area contributed by atoms with Gasteiger partial charge in [-0.2, -0.15) is 0 Å². The first-order chi connectivity index (χ1) is 10.5.